The summed E-state index contributed by atoms with van der Waals surface area (Å²) < 4.78 is 0. The van der Waals surface area contributed by atoms with Crippen molar-refractivity contribution in [2.75, 3.05) is 0 Å². The van der Waals surface area contributed by atoms with Crippen LogP contribution < -0.4 is 0 Å². The first-order valence-electron chi connectivity index (χ1n) is 18.4. The van der Waals surface area contributed by atoms with Crippen molar-refractivity contribution in [2.45, 2.75) is 156 Å². The minimum atomic E-state index is 0.327. The van der Waals surface area contributed by atoms with Gasteiger partial charge < -0.3 is 0 Å². The van der Waals surface area contributed by atoms with Gasteiger partial charge in [-0.25, -0.2) is 0 Å². The Morgan fingerprint density at radius 1 is 0.450 bits per heavy atom. The summed E-state index contributed by atoms with van der Waals surface area (Å²) >= 11 is 0. The minimum Gasteiger partial charge on any atom is -0.160 e. The number of rotatable bonds is 1. The molecule has 222 valence electrons. The minimum absolute atomic E-state index is 0.327. The maximum absolute atomic E-state index is 5.32. The van der Waals surface area contributed by atoms with Gasteiger partial charge in [0.2, 0.25) is 0 Å². The van der Waals surface area contributed by atoms with E-state index in [2.05, 4.69) is 27.7 Å². The number of fused-ring (bicyclic) bond motifs is 10. The van der Waals surface area contributed by atoms with Gasteiger partial charge in [-0.1, -0.05) is 53.4 Å². The highest BCUT2D eigenvalue weighted by Gasteiger charge is 2.61. The Labute approximate surface area is 246 Å². The smallest absolute Gasteiger partial charge is 0.0467 e. The predicted molar refractivity (Wildman–Crippen MR) is 168 cm³/mol. The summed E-state index contributed by atoms with van der Waals surface area (Å²) in [6, 6.07) is 0. The molecule has 0 unspecified atom stereocenters. The van der Waals surface area contributed by atoms with E-state index in [1.54, 1.807) is 0 Å². The highest BCUT2D eigenvalue weighted by atomic mass is 15.2. The second-order valence-electron chi connectivity index (χ2n) is 17.9. The summed E-state index contributed by atoms with van der Waals surface area (Å²) in [7, 11) is 0. The van der Waals surface area contributed by atoms with Crippen LogP contribution in [0, 0.1) is 69.0 Å². The van der Waals surface area contributed by atoms with Gasteiger partial charge in [0.1, 0.15) is 0 Å². The molecule has 0 aromatic carbocycles. The van der Waals surface area contributed by atoms with Crippen molar-refractivity contribution in [3.8, 4) is 0 Å². The summed E-state index contributed by atoms with van der Waals surface area (Å²) in [5, 5.41) is 10.6. The molecule has 8 saturated carbocycles. The summed E-state index contributed by atoms with van der Waals surface area (Å²) in [6.07, 6.45) is 29.0. The zero-order valence-electron chi connectivity index (χ0n) is 26.7. The largest absolute Gasteiger partial charge is 0.160 e. The summed E-state index contributed by atoms with van der Waals surface area (Å²) in [6.45, 7) is 10.7. The molecular weight excluding hydrogens is 484 g/mol. The van der Waals surface area contributed by atoms with E-state index in [-0.39, 0.29) is 0 Å². The molecule has 0 spiro atoms. The highest BCUT2D eigenvalue weighted by Crippen LogP contribution is 2.67. The zero-order valence-corrected chi connectivity index (χ0v) is 26.7. The van der Waals surface area contributed by atoms with Gasteiger partial charge in [-0.2, -0.15) is 10.2 Å². The van der Waals surface area contributed by atoms with Gasteiger partial charge >= 0.3 is 0 Å². The van der Waals surface area contributed by atoms with Gasteiger partial charge in [0.25, 0.3) is 0 Å². The van der Waals surface area contributed by atoms with E-state index in [1.807, 2.05) is 0 Å². The predicted octanol–water partition coefficient (Wildman–Crippen LogP) is 10.6. The van der Waals surface area contributed by atoms with Crippen LogP contribution in [-0.2, 0) is 0 Å². The molecule has 2 nitrogen and oxygen atoms in total. The lowest BCUT2D eigenvalue weighted by atomic mass is 9.45. The van der Waals surface area contributed by atoms with Crippen molar-refractivity contribution < 1.29 is 0 Å². The molecule has 40 heavy (non-hydrogen) atoms. The highest BCUT2D eigenvalue weighted by molar-refractivity contribution is 5.95. The third-order valence-corrected chi connectivity index (χ3v) is 16.9. The van der Waals surface area contributed by atoms with E-state index < -0.39 is 0 Å². The fourth-order valence-electron chi connectivity index (χ4n) is 14.6. The first kappa shape index (κ1) is 26.9. The monoisotopic (exact) mass is 544 g/mol. The average Bonchev–Trinajstić information content (AvgIpc) is 3.47. The normalized spacial score (nSPS) is 57.5. The Bertz CT molecular complexity index is 989. The van der Waals surface area contributed by atoms with Crippen LogP contribution in [-0.4, -0.2) is 11.4 Å². The van der Waals surface area contributed by atoms with Gasteiger partial charge in [-0.3, -0.25) is 0 Å². The Hall–Kier alpha value is -0.660. The molecular formula is C38H60N2. The van der Waals surface area contributed by atoms with Gasteiger partial charge in [0.15, 0.2) is 0 Å². The second kappa shape index (κ2) is 9.42. The topological polar surface area (TPSA) is 24.7 Å². The van der Waals surface area contributed by atoms with E-state index in [0.29, 0.717) is 21.7 Å². The fourth-order valence-corrected chi connectivity index (χ4v) is 14.6. The van der Waals surface area contributed by atoms with Crippen LogP contribution in [0.4, 0.5) is 0 Å². The first-order chi connectivity index (χ1) is 19.3. The maximum atomic E-state index is 5.32. The lowest BCUT2D eigenvalue weighted by molar-refractivity contribution is -0.0938. The molecule has 12 atom stereocenters. The summed E-state index contributed by atoms with van der Waals surface area (Å²) in [5.74, 6) is 7.68. The molecule has 0 heterocycles. The molecule has 8 fully saturated rings. The van der Waals surface area contributed by atoms with Crippen molar-refractivity contribution >= 4 is 11.4 Å². The summed E-state index contributed by atoms with van der Waals surface area (Å²) in [5.41, 5.74) is 4.96. The van der Waals surface area contributed by atoms with E-state index in [9.17, 15) is 0 Å². The summed E-state index contributed by atoms with van der Waals surface area (Å²) in [4.78, 5) is 0. The molecule has 0 bridgehead atoms. The molecule has 8 aliphatic carbocycles. The quantitative estimate of drug-likeness (QED) is 0.293. The van der Waals surface area contributed by atoms with Crippen LogP contribution in [0.3, 0.4) is 0 Å². The Morgan fingerprint density at radius 2 is 0.900 bits per heavy atom. The van der Waals surface area contributed by atoms with Crippen molar-refractivity contribution in [3.05, 3.63) is 0 Å². The van der Waals surface area contributed by atoms with Crippen molar-refractivity contribution in [2.24, 2.45) is 79.2 Å². The second-order valence-corrected chi connectivity index (χ2v) is 17.9. The lowest BCUT2D eigenvalue weighted by Crippen LogP contribution is -2.53. The van der Waals surface area contributed by atoms with Crippen LogP contribution in [0.25, 0.3) is 0 Å². The van der Waals surface area contributed by atoms with Gasteiger partial charge in [-0.05, 0) is 161 Å². The van der Waals surface area contributed by atoms with Crippen molar-refractivity contribution in [1.29, 1.82) is 0 Å². The Balaban J connectivity index is 1.02. The standard InChI is InChI=1S/C38H60N2/c1-35-21-7-5-9-25(35)11-13-27-29-15-17-33(37(29,3)23-19-31(27)35)39-40-34-18-16-30-28-14-12-26-10-6-8-22-36(26,2)32(28)20-24-38(30,34)4/h25-32H,5-24H2,1-4H3/b39-33-,40-34-/t25-,26+,27-,28+,29-,30-,31-,32-,35+,36-,37+,38+/m1/s1. The van der Waals surface area contributed by atoms with E-state index in [1.165, 1.54) is 140 Å². The van der Waals surface area contributed by atoms with E-state index in [0.717, 1.165) is 47.3 Å². The number of hydrogen-bond donors (Lipinski definition) is 0. The van der Waals surface area contributed by atoms with Gasteiger partial charge in [0, 0.05) is 22.3 Å². The van der Waals surface area contributed by atoms with Crippen LogP contribution in [0.5, 0.6) is 0 Å². The molecule has 0 aromatic rings. The Kier molecular flexibility index (Phi) is 6.34. The maximum Gasteiger partial charge on any atom is 0.0467 e. The zero-order chi connectivity index (χ0) is 27.3. The van der Waals surface area contributed by atoms with Gasteiger partial charge in [0.05, 0.1) is 0 Å². The Morgan fingerprint density at radius 3 is 1.35 bits per heavy atom. The van der Waals surface area contributed by atoms with Crippen LogP contribution in [0.15, 0.2) is 10.2 Å². The molecule has 0 aromatic heterocycles. The molecule has 0 amide bonds. The third-order valence-electron chi connectivity index (χ3n) is 16.9. The fraction of sp³-hybridized carbons (Fsp3) is 0.947. The number of hydrogen-bond acceptors (Lipinski definition) is 2. The molecule has 0 aliphatic heterocycles. The molecule has 0 radical (unpaired) electrons. The molecule has 0 saturated heterocycles. The molecule has 2 heteroatoms. The van der Waals surface area contributed by atoms with Crippen LogP contribution >= 0.6 is 0 Å². The molecule has 8 rings (SSSR count). The average molecular weight is 545 g/mol. The van der Waals surface area contributed by atoms with Crippen molar-refractivity contribution in [3.63, 3.8) is 0 Å². The SMILES string of the molecule is C[C@]12CCCC[C@@H]1CC[C@H]1[C@H]2CC[C@]2(C)/C(=N\N=C3\CC[C@@H]4[C@@H]5CC[C@@H]6CCCC[C@@]6(C)[C@@H]5CC[C@]34C)CC[C@H]12. The first-order valence-corrected chi connectivity index (χ1v) is 18.4. The molecule has 0 N–H and O–H groups in total. The van der Waals surface area contributed by atoms with Gasteiger partial charge in [-0.15, -0.1) is 0 Å². The van der Waals surface area contributed by atoms with E-state index in [4.69, 9.17) is 10.2 Å². The van der Waals surface area contributed by atoms with E-state index >= 15 is 0 Å². The van der Waals surface area contributed by atoms with Crippen LogP contribution in [0.2, 0.25) is 0 Å². The third kappa shape index (κ3) is 3.64. The molecule has 8 aliphatic rings. The van der Waals surface area contributed by atoms with Crippen LogP contribution in [0.1, 0.15) is 156 Å². The van der Waals surface area contributed by atoms with Crippen molar-refractivity contribution in [1.82, 2.24) is 0 Å². The number of nitrogens with zero attached hydrogens (tertiary/aromatic N) is 2. The lowest BCUT2D eigenvalue weighted by Gasteiger charge is -2.60.